The van der Waals surface area contributed by atoms with E-state index in [0.717, 1.165) is 58.4 Å². The third-order valence-electron chi connectivity index (χ3n) is 6.69. The van der Waals surface area contributed by atoms with Gasteiger partial charge in [0.2, 0.25) is 0 Å². The lowest BCUT2D eigenvalue weighted by atomic mass is 9.67. The van der Waals surface area contributed by atoms with Crippen LogP contribution in [0.15, 0.2) is 4.99 Å². The summed E-state index contributed by atoms with van der Waals surface area (Å²) in [6.07, 6.45) is 7.50. The maximum Gasteiger partial charge on any atom is 0.191 e. The molecule has 0 aromatic carbocycles. The minimum Gasteiger partial charge on any atom is -0.385 e. The van der Waals surface area contributed by atoms with Gasteiger partial charge in [0.1, 0.15) is 0 Å². The van der Waals surface area contributed by atoms with Crippen molar-refractivity contribution in [3.05, 3.63) is 0 Å². The lowest BCUT2D eigenvalue weighted by Gasteiger charge is -2.42. The minimum absolute atomic E-state index is 0.395. The molecule has 0 spiro atoms. The number of guanidine groups is 1. The number of methoxy groups -OCH3 is 1. The normalized spacial score (nSPS) is 21.7. The number of hydrogen-bond donors (Lipinski definition) is 2. The second kappa shape index (κ2) is 11.9. The average Bonchev–Trinajstić information content (AvgIpc) is 2.68. The van der Waals surface area contributed by atoms with Gasteiger partial charge in [0.15, 0.2) is 5.96 Å². The molecular weight excluding hydrogens is 340 g/mol. The molecule has 0 radical (unpaired) electrons. The van der Waals surface area contributed by atoms with E-state index in [0.29, 0.717) is 17.4 Å². The van der Waals surface area contributed by atoms with Gasteiger partial charge in [-0.3, -0.25) is 9.89 Å². The maximum atomic E-state index is 5.56. The van der Waals surface area contributed by atoms with Gasteiger partial charge in [-0.1, -0.05) is 33.1 Å². The highest BCUT2D eigenvalue weighted by Crippen LogP contribution is 2.43. The van der Waals surface area contributed by atoms with Gasteiger partial charge >= 0.3 is 0 Å². The highest BCUT2D eigenvalue weighted by Gasteiger charge is 2.36. The van der Waals surface area contributed by atoms with Gasteiger partial charge < -0.3 is 20.1 Å². The summed E-state index contributed by atoms with van der Waals surface area (Å²) in [4.78, 5) is 7.08. The summed E-state index contributed by atoms with van der Waals surface area (Å²) in [6, 6.07) is 0.536. The molecule has 1 aliphatic carbocycles. The monoisotopic (exact) mass is 382 g/mol. The number of rotatable bonds is 11. The molecule has 1 unspecified atom stereocenters. The van der Waals surface area contributed by atoms with E-state index in [1.165, 1.54) is 32.1 Å². The highest BCUT2D eigenvalue weighted by molar-refractivity contribution is 5.79. The van der Waals surface area contributed by atoms with Crippen LogP contribution in [0.25, 0.3) is 0 Å². The van der Waals surface area contributed by atoms with Gasteiger partial charge in [0.05, 0.1) is 13.2 Å². The van der Waals surface area contributed by atoms with Crippen LogP contribution in [-0.4, -0.2) is 77.1 Å². The van der Waals surface area contributed by atoms with Crippen LogP contribution in [0.1, 0.15) is 52.4 Å². The first-order valence-electron chi connectivity index (χ1n) is 10.9. The standard InChI is InChI=1S/C21H42N4O2/c1-5-18(6-2)19(25-11-14-27-15-12-25)16-23-20(22-3)24-17-21(8-7-9-21)10-13-26-4/h18-19H,5-17H2,1-4H3,(H2,22,23,24). The van der Waals surface area contributed by atoms with E-state index in [-0.39, 0.29) is 0 Å². The van der Waals surface area contributed by atoms with Crippen LogP contribution in [0.5, 0.6) is 0 Å². The van der Waals surface area contributed by atoms with Gasteiger partial charge in [-0.05, 0) is 30.6 Å². The molecule has 0 aromatic heterocycles. The maximum absolute atomic E-state index is 5.56. The molecule has 0 amide bonds. The molecule has 2 aliphatic rings. The van der Waals surface area contributed by atoms with Gasteiger partial charge in [-0.25, -0.2) is 0 Å². The van der Waals surface area contributed by atoms with Gasteiger partial charge in [0.25, 0.3) is 0 Å². The van der Waals surface area contributed by atoms with Crippen molar-refractivity contribution < 1.29 is 9.47 Å². The van der Waals surface area contributed by atoms with Gasteiger partial charge in [0, 0.05) is 53.0 Å². The van der Waals surface area contributed by atoms with Gasteiger partial charge in [-0.15, -0.1) is 0 Å². The Labute approximate surface area is 166 Å². The third-order valence-corrected chi connectivity index (χ3v) is 6.69. The van der Waals surface area contributed by atoms with E-state index in [1.54, 1.807) is 7.11 Å². The van der Waals surface area contributed by atoms with E-state index in [2.05, 4.69) is 34.4 Å². The van der Waals surface area contributed by atoms with E-state index in [9.17, 15) is 0 Å². The second-order valence-corrected chi connectivity index (χ2v) is 8.20. The Morgan fingerprint density at radius 2 is 1.89 bits per heavy atom. The summed E-state index contributed by atoms with van der Waals surface area (Å²) in [5, 5.41) is 7.21. The number of aliphatic imine (C=N–C) groups is 1. The first kappa shape index (κ1) is 22.4. The Bertz CT molecular complexity index is 430. The Hall–Kier alpha value is -0.850. The predicted molar refractivity (Wildman–Crippen MR) is 112 cm³/mol. The smallest absolute Gasteiger partial charge is 0.191 e. The largest absolute Gasteiger partial charge is 0.385 e. The molecule has 1 heterocycles. The summed E-state index contributed by atoms with van der Waals surface area (Å²) in [7, 11) is 3.67. The quantitative estimate of drug-likeness (QED) is 0.425. The summed E-state index contributed by atoms with van der Waals surface area (Å²) < 4.78 is 10.9. The van der Waals surface area contributed by atoms with Crippen molar-refractivity contribution in [2.24, 2.45) is 16.3 Å². The van der Waals surface area contributed by atoms with E-state index >= 15 is 0 Å². The summed E-state index contributed by atoms with van der Waals surface area (Å²) in [5.74, 6) is 1.64. The third kappa shape index (κ3) is 6.61. The highest BCUT2D eigenvalue weighted by atomic mass is 16.5. The van der Waals surface area contributed by atoms with Gasteiger partial charge in [-0.2, -0.15) is 0 Å². The Kier molecular flexibility index (Phi) is 9.87. The van der Waals surface area contributed by atoms with E-state index in [4.69, 9.17) is 9.47 Å². The molecule has 1 saturated heterocycles. The minimum atomic E-state index is 0.395. The number of ether oxygens (including phenoxy) is 2. The van der Waals surface area contributed by atoms with Crippen molar-refractivity contribution in [3.63, 3.8) is 0 Å². The van der Waals surface area contributed by atoms with Crippen molar-refractivity contribution in [1.29, 1.82) is 0 Å². The number of nitrogens with zero attached hydrogens (tertiary/aromatic N) is 2. The van der Waals surface area contributed by atoms with Crippen molar-refractivity contribution >= 4 is 5.96 Å². The summed E-state index contributed by atoms with van der Waals surface area (Å²) in [6.45, 7) is 11.2. The second-order valence-electron chi connectivity index (χ2n) is 8.20. The zero-order valence-electron chi connectivity index (χ0n) is 18.1. The fourth-order valence-corrected chi connectivity index (χ4v) is 4.54. The average molecular weight is 383 g/mol. The molecule has 0 aromatic rings. The van der Waals surface area contributed by atoms with Crippen LogP contribution < -0.4 is 10.6 Å². The molecule has 2 N–H and O–H groups in total. The zero-order valence-corrected chi connectivity index (χ0v) is 18.1. The van der Waals surface area contributed by atoms with Crippen LogP contribution in [0.3, 0.4) is 0 Å². The first-order valence-corrected chi connectivity index (χ1v) is 10.9. The molecule has 6 heteroatoms. The lowest BCUT2D eigenvalue weighted by Crippen LogP contribution is -2.54. The molecule has 27 heavy (non-hydrogen) atoms. The molecule has 2 fully saturated rings. The summed E-state index contributed by atoms with van der Waals surface area (Å²) in [5.41, 5.74) is 0.395. The first-order chi connectivity index (χ1) is 13.2. The van der Waals surface area contributed by atoms with E-state index < -0.39 is 0 Å². The van der Waals surface area contributed by atoms with Crippen molar-refractivity contribution in [2.75, 3.05) is 60.2 Å². The van der Waals surface area contributed by atoms with Crippen LogP contribution >= 0.6 is 0 Å². The molecule has 1 saturated carbocycles. The molecule has 0 bridgehead atoms. The Morgan fingerprint density at radius 1 is 1.19 bits per heavy atom. The fraction of sp³-hybridized carbons (Fsp3) is 0.952. The molecule has 1 aliphatic heterocycles. The van der Waals surface area contributed by atoms with Crippen molar-refractivity contribution in [1.82, 2.24) is 15.5 Å². The molecule has 6 nitrogen and oxygen atoms in total. The number of nitrogens with one attached hydrogen (secondary N) is 2. The summed E-state index contributed by atoms with van der Waals surface area (Å²) >= 11 is 0. The SMILES string of the molecule is CCC(CC)C(CNC(=NC)NCC1(CCOC)CCC1)N1CCOCC1. The topological polar surface area (TPSA) is 58.1 Å². The van der Waals surface area contributed by atoms with E-state index in [1.807, 2.05) is 7.05 Å². The predicted octanol–water partition coefficient (Wildman–Crippen LogP) is 2.50. The molecular formula is C21H42N4O2. The molecule has 1 atom stereocenters. The van der Waals surface area contributed by atoms with Crippen LogP contribution in [0.2, 0.25) is 0 Å². The Morgan fingerprint density at radius 3 is 2.41 bits per heavy atom. The van der Waals surface area contributed by atoms with Crippen LogP contribution in [0, 0.1) is 11.3 Å². The zero-order chi connectivity index (χ0) is 19.5. The fourth-order valence-electron chi connectivity index (χ4n) is 4.54. The number of hydrogen-bond acceptors (Lipinski definition) is 4. The lowest BCUT2D eigenvalue weighted by molar-refractivity contribution is 0.00268. The van der Waals surface area contributed by atoms with Crippen molar-refractivity contribution in [2.45, 2.75) is 58.4 Å². The molecule has 2 rings (SSSR count). The van der Waals surface area contributed by atoms with Crippen LogP contribution in [-0.2, 0) is 9.47 Å². The van der Waals surface area contributed by atoms with Crippen LogP contribution in [0.4, 0.5) is 0 Å². The number of morpholine rings is 1. The Balaban J connectivity index is 1.87. The van der Waals surface area contributed by atoms with Crippen molar-refractivity contribution in [3.8, 4) is 0 Å². The molecule has 158 valence electrons.